The molecule has 0 aliphatic rings. The Hall–Kier alpha value is -0.940. The number of hydrogen-bond donors (Lipinski definition) is 0. The number of pyridine rings is 1. The molecule has 0 spiro atoms. The summed E-state index contributed by atoms with van der Waals surface area (Å²) >= 11 is 11.5. The van der Waals surface area contributed by atoms with Crippen molar-refractivity contribution in [2.75, 3.05) is 0 Å². The number of hydrogen-bond acceptors (Lipinski definition) is 2. The van der Waals surface area contributed by atoms with Crippen LogP contribution in [0, 0.1) is 0 Å². The minimum Gasteiger partial charge on any atom is -0.311 e. The molecule has 2 aromatic rings. The van der Waals surface area contributed by atoms with E-state index in [4.69, 9.17) is 23.2 Å². The lowest BCUT2D eigenvalue weighted by molar-refractivity contribution is 0.137. The number of imidazole rings is 1. The molecule has 0 amide bonds. The summed E-state index contributed by atoms with van der Waals surface area (Å²) in [6.45, 7) is 0. The molecule has 0 unspecified atom stereocenters. The Labute approximate surface area is 93.6 Å². The van der Waals surface area contributed by atoms with Crippen LogP contribution in [0.2, 0.25) is 10.2 Å². The Morgan fingerprint density at radius 2 is 2.00 bits per heavy atom. The zero-order valence-corrected chi connectivity index (χ0v) is 9.02. The first kappa shape index (κ1) is 10.6. The van der Waals surface area contributed by atoms with E-state index in [1.165, 1.54) is 17.7 Å². The highest BCUT2D eigenvalue weighted by atomic mass is 35.5. The molecule has 0 bridgehead atoms. The highest BCUT2D eigenvalue weighted by Crippen LogP contribution is 2.28. The van der Waals surface area contributed by atoms with Gasteiger partial charge in [0.05, 0.1) is 5.02 Å². The minimum atomic E-state index is -2.67. The first-order chi connectivity index (χ1) is 7.00. The molecule has 0 aliphatic carbocycles. The largest absolute Gasteiger partial charge is 0.311 e. The van der Waals surface area contributed by atoms with Gasteiger partial charge in [0.25, 0.3) is 6.43 Å². The van der Waals surface area contributed by atoms with Crippen molar-refractivity contribution in [1.82, 2.24) is 14.5 Å². The van der Waals surface area contributed by atoms with Crippen LogP contribution in [-0.2, 0) is 7.05 Å². The van der Waals surface area contributed by atoms with Gasteiger partial charge in [-0.1, -0.05) is 23.2 Å². The van der Waals surface area contributed by atoms with E-state index >= 15 is 0 Å². The predicted octanol–water partition coefficient (Wildman–Crippen LogP) is 3.21. The van der Waals surface area contributed by atoms with Crippen LogP contribution >= 0.6 is 23.2 Å². The summed E-state index contributed by atoms with van der Waals surface area (Å²) in [4.78, 5) is 7.60. The van der Waals surface area contributed by atoms with E-state index in [1.807, 2.05) is 0 Å². The van der Waals surface area contributed by atoms with Crippen molar-refractivity contribution in [2.45, 2.75) is 6.43 Å². The van der Waals surface area contributed by atoms with Gasteiger partial charge in [0.2, 0.25) is 0 Å². The van der Waals surface area contributed by atoms with Gasteiger partial charge in [-0.3, -0.25) is 0 Å². The summed E-state index contributed by atoms with van der Waals surface area (Å²) in [6.07, 6.45) is -2.67. The summed E-state index contributed by atoms with van der Waals surface area (Å²) in [7, 11) is 1.44. The molecule has 0 atom stereocenters. The Morgan fingerprint density at radius 3 is 2.60 bits per heavy atom. The SMILES string of the molecule is Cn1c(C(F)F)nc2c(Cl)cc(Cl)nc21. The van der Waals surface area contributed by atoms with Crippen LogP contribution in [0.4, 0.5) is 8.78 Å². The minimum absolute atomic E-state index is 0.149. The van der Waals surface area contributed by atoms with Crippen molar-refractivity contribution in [3.63, 3.8) is 0 Å². The number of halogens is 4. The number of aromatic nitrogens is 3. The Kier molecular flexibility index (Phi) is 2.52. The third kappa shape index (κ3) is 1.66. The quantitative estimate of drug-likeness (QED) is 0.729. The topological polar surface area (TPSA) is 30.7 Å². The molecule has 0 aliphatic heterocycles. The maximum atomic E-state index is 12.5. The smallest absolute Gasteiger partial charge is 0.295 e. The molecule has 2 rings (SSSR count). The zero-order chi connectivity index (χ0) is 11.2. The van der Waals surface area contributed by atoms with Gasteiger partial charge in [0.1, 0.15) is 10.7 Å². The highest BCUT2D eigenvalue weighted by Gasteiger charge is 2.19. The number of rotatable bonds is 1. The van der Waals surface area contributed by atoms with E-state index in [-0.39, 0.29) is 27.2 Å². The molecule has 0 N–H and O–H groups in total. The van der Waals surface area contributed by atoms with E-state index in [0.29, 0.717) is 0 Å². The monoisotopic (exact) mass is 251 g/mol. The van der Waals surface area contributed by atoms with Crippen LogP contribution in [0.5, 0.6) is 0 Å². The van der Waals surface area contributed by atoms with E-state index in [0.717, 1.165) is 0 Å². The van der Waals surface area contributed by atoms with Crippen molar-refractivity contribution < 1.29 is 8.78 Å². The Morgan fingerprint density at radius 1 is 1.33 bits per heavy atom. The van der Waals surface area contributed by atoms with Crippen molar-refractivity contribution >= 4 is 34.4 Å². The average molecular weight is 252 g/mol. The maximum Gasteiger partial charge on any atom is 0.295 e. The van der Waals surface area contributed by atoms with E-state index in [9.17, 15) is 8.78 Å². The molecule has 0 saturated heterocycles. The summed E-state index contributed by atoms with van der Waals surface area (Å²) in [5.41, 5.74) is 0.488. The van der Waals surface area contributed by atoms with E-state index in [1.54, 1.807) is 0 Å². The molecule has 80 valence electrons. The van der Waals surface area contributed by atoms with Gasteiger partial charge in [-0.25, -0.2) is 18.7 Å². The maximum absolute atomic E-state index is 12.5. The first-order valence-electron chi connectivity index (χ1n) is 3.97. The summed E-state index contributed by atoms with van der Waals surface area (Å²) in [6, 6.07) is 1.37. The van der Waals surface area contributed by atoms with Crippen LogP contribution < -0.4 is 0 Å². The average Bonchev–Trinajstić information content (AvgIpc) is 2.44. The van der Waals surface area contributed by atoms with Gasteiger partial charge >= 0.3 is 0 Å². The highest BCUT2D eigenvalue weighted by molar-refractivity contribution is 6.37. The van der Waals surface area contributed by atoms with Crippen molar-refractivity contribution in [1.29, 1.82) is 0 Å². The summed E-state index contributed by atoms with van der Waals surface area (Å²) in [5, 5.41) is 0.365. The number of nitrogens with zero attached hydrogens (tertiary/aromatic N) is 3. The lowest BCUT2D eigenvalue weighted by Crippen LogP contribution is -1.98. The Balaban J connectivity index is 2.82. The second-order valence-corrected chi connectivity index (χ2v) is 3.72. The fourth-order valence-corrected chi connectivity index (χ4v) is 1.77. The van der Waals surface area contributed by atoms with Crippen LogP contribution in [0.15, 0.2) is 6.07 Å². The summed E-state index contributed by atoms with van der Waals surface area (Å²) in [5.74, 6) is -0.373. The van der Waals surface area contributed by atoms with Crippen LogP contribution in [0.3, 0.4) is 0 Å². The van der Waals surface area contributed by atoms with Gasteiger partial charge in [-0.05, 0) is 6.07 Å². The van der Waals surface area contributed by atoms with Crippen LogP contribution in [0.25, 0.3) is 11.2 Å². The fraction of sp³-hybridized carbons (Fsp3) is 0.250. The lowest BCUT2D eigenvalue weighted by Gasteiger charge is -1.99. The van der Waals surface area contributed by atoms with Crippen LogP contribution in [-0.4, -0.2) is 14.5 Å². The van der Waals surface area contributed by atoms with Gasteiger partial charge in [-0.15, -0.1) is 0 Å². The number of alkyl halides is 2. The third-order valence-electron chi connectivity index (χ3n) is 1.98. The predicted molar refractivity (Wildman–Crippen MR) is 53.5 cm³/mol. The van der Waals surface area contributed by atoms with Gasteiger partial charge in [-0.2, -0.15) is 0 Å². The molecule has 2 aromatic heterocycles. The molecule has 7 heteroatoms. The second-order valence-electron chi connectivity index (χ2n) is 2.93. The second kappa shape index (κ2) is 3.57. The van der Waals surface area contributed by atoms with Gasteiger partial charge < -0.3 is 4.57 Å². The molecular weight excluding hydrogens is 247 g/mol. The van der Waals surface area contributed by atoms with Gasteiger partial charge in [0.15, 0.2) is 11.5 Å². The fourth-order valence-electron chi connectivity index (χ4n) is 1.30. The lowest BCUT2D eigenvalue weighted by atomic mass is 10.4. The number of aryl methyl sites for hydroxylation is 1. The normalized spacial score (nSPS) is 11.6. The standard InChI is InChI=1S/C8H5Cl2F2N3/c1-15-7-5(14-8(15)6(11)12)3(9)2-4(10)13-7/h2,6H,1H3. The van der Waals surface area contributed by atoms with Crippen LogP contribution in [0.1, 0.15) is 12.2 Å². The van der Waals surface area contributed by atoms with E-state index < -0.39 is 6.43 Å². The van der Waals surface area contributed by atoms with Crippen molar-refractivity contribution in [2.24, 2.45) is 7.05 Å². The first-order valence-corrected chi connectivity index (χ1v) is 4.73. The van der Waals surface area contributed by atoms with Crippen molar-refractivity contribution in [3.05, 3.63) is 22.1 Å². The molecule has 2 heterocycles. The molecule has 3 nitrogen and oxygen atoms in total. The van der Waals surface area contributed by atoms with E-state index in [2.05, 4.69) is 9.97 Å². The molecule has 0 saturated carbocycles. The summed E-state index contributed by atoms with van der Waals surface area (Å²) < 4.78 is 26.2. The van der Waals surface area contributed by atoms with Crippen molar-refractivity contribution in [3.8, 4) is 0 Å². The zero-order valence-electron chi connectivity index (χ0n) is 7.51. The molecular formula is C8H5Cl2F2N3. The molecule has 15 heavy (non-hydrogen) atoms. The number of fused-ring (bicyclic) bond motifs is 1. The molecule has 0 radical (unpaired) electrons. The molecule has 0 fully saturated rings. The Bertz CT molecular complexity index is 524. The third-order valence-corrected chi connectivity index (χ3v) is 2.46. The molecule has 0 aromatic carbocycles. The van der Waals surface area contributed by atoms with Gasteiger partial charge in [0, 0.05) is 7.05 Å².